The molecule has 0 amide bonds. The van der Waals surface area contributed by atoms with Gasteiger partial charge in [-0.1, -0.05) is 35.5 Å². The van der Waals surface area contributed by atoms with E-state index in [1.54, 1.807) is 12.3 Å². The van der Waals surface area contributed by atoms with Crippen LogP contribution in [0.3, 0.4) is 0 Å². The Morgan fingerprint density at radius 3 is 2.73 bits per heavy atom. The maximum atomic E-state index is 5.80. The first-order valence-electron chi connectivity index (χ1n) is 4.61. The second-order valence-corrected chi connectivity index (χ2v) is 3.05. The van der Waals surface area contributed by atoms with Crippen LogP contribution in [0.5, 0.6) is 0 Å². The fourth-order valence-corrected chi connectivity index (χ4v) is 1.19. The summed E-state index contributed by atoms with van der Waals surface area (Å²) in [5, 5.41) is 3.59. The SMILES string of the molecule is NC(=NCc1ccno1)c1ccccc1. The van der Waals surface area contributed by atoms with E-state index in [-0.39, 0.29) is 0 Å². The minimum atomic E-state index is 0.417. The Balaban J connectivity index is 2.08. The van der Waals surface area contributed by atoms with Crippen LogP contribution in [0.2, 0.25) is 0 Å². The smallest absolute Gasteiger partial charge is 0.158 e. The van der Waals surface area contributed by atoms with Crippen LogP contribution in [0.1, 0.15) is 11.3 Å². The van der Waals surface area contributed by atoms with Gasteiger partial charge >= 0.3 is 0 Å². The largest absolute Gasteiger partial charge is 0.383 e. The first-order chi connectivity index (χ1) is 7.36. The number of nitrogens with zero attached hydrogens (tertiary/aromatic N) is 2. The molecule has 0 aliphatic heterocycles. The zero-order valence-corrected chi connectivity index (χ0v) is 8.13. The Labute approximate surface area is 87.4 Å². The van der Waals surface area contributed by atoms with Crippen molar-refractivity contribution in [1.29, 1.82) is 0 Å². The lowest BCUT2D eigenvalue weighted by Crippen LogP contribution is -2.13. The number of hydrogen-bond donors (Lipinski definition) is 1. The van der Waals surface area contributed by atoms with Gasteiger partial charge in [-0.05, 0) is 0 Å². The van der Waals surface area contributed by atoms with E-state index in [2.05, 4.69) is 10.1 Å². The van der Waals surface area contributed by atoms with Gasteiger partial charge in [-0.3, -0.25) is 4.99 Å². The number of hydrogen-bond acceptors (Lipinski definition) is 3. The van der Waals surface area contributed by atoms with E-state index in [1.807, 2.05) is 30.3 Å². The van der Waals surface area contributed by atoms with Crippen LogP contribution in [0.15, 0.2) is 52.1 Å². The molecule has 76 valence electrons. The summed E-state index contributed by atoms with van der Waals surface area (Å²) in [7, 11) is 0. The molecule has 4 nitrogen and oxygen atoms in total. The normalized spacial score (nSPS) is 11.6. The van der Waals surface area contributed by atoms with Gasteiger partial charge in [-0.15, -0.1) is 0 Å². The van der Waals surface area contributed by atoms with E-state index in [0.29, 0.717) is 18.1 Å². The fourth-order valence-electron chi connectivity index (χ4n) is 1.19. The molecule has 1 heterocycles. The maximum Gasteiger partial charge on any atom is 0.158 e. The molecular formula is C11H11N3O. The van der Waals surface area contributed by atoms with E-state index < -0.39 is 0 Å². The average Bonchev–Trinajstić information content (AvgIpc) is 2.80. The van der Waals surface area contributed by atoms with Crippen LogP contribution in [-0.4, -0.2) is 11.0 Å². The summed E-state index contributed by atoms with van der Waals surface area (Å²) < 4.78 is 4.91. The molecule has 1 aromatic heterocycles. The van der Waals surface area contributed by atoms with Crippen LogP contribution in [-0.2, 0) is 6.54 Å². The van der Waals surface area contributed by atoms with Gasteiger partial charge in [-0.25, -0.2) is 0 Å². The second kappa shape index (κ2) is 4.41. The molecular weight excluding hydrogens is 190 g/mol. The van der Waals surface area contributed by atoms with E-state index in [9.17, 15) is 0 Å². The van der Waals surface area contributed by atoms with Crippen molar-refractivity contribution in [3.05, 3.63) is 53.9 Å². The Hall–Kier alpha value is -2.10. The van der Waals surface area contributed by atoms with Gasteiger partial charge in [-0.2, -0.15) is 0 Å². The fraction of sp³-hybridized carbons (Fsp3) is 0.0909. The molecule has 0 bridgehead atoms. The van der Waals surface area contributed by atoms with E-state index in [4.69, 9.17) is 10.3 Å². The Morgan fingerprint density at radius 1 is 1.27 bits per heavy atom. The Kier molecular flexibility index (Phi) is 2.78. The molecule has 1 aromatic carbocycles. The molecule has 0 saturated carbocycles. The van der Waals surface area contributed by atoms with Crippen molar-refractivity contribution in [3.8, 4) is 0 Å². The summed E-state index contributed by atoms with van der Waals surface area (Å²) in [6.45, 7) is 0.417. The van der Waals surface area contributed by atoms with Crippen molar-refractivity contribution in [2.24, 2.45) is 10.7 Å². The number of rotatable bonds is 3. The highest BCUT2D eigenvalue weighted by atomic mass is 16.5. The molecule has 0 spiro atoms. The van der Waals surface area contributed by atoms with Crippen LogP contribution in [0, 0.1) is 0 Å². The number of amidine groups is 1. The number of nitrogens with two attached hydrogens (primary N) is 1. The molecule has 4 heteroatoms. The second-order valence-electron chi connectivity index (χ2n) is 3.05. The van der Waals surface area contributed by atoms with Gasteiger partial charge in [0.1, 0.15) is 12.4 Å². The topological polar surface area (TPSA) is 64.4 Å². The van der Waals surface area contributed by atoms with Crippen molar-refractivity contribution < 1.29 is 4.52 Å². The third-order valence-corrected chi connectivity index (χ3v) is 1.97. The summed E-state index contributed by atoms with van der Waals surface area (Å²) >= 11 is 0. The minimum Gasteiger partial charge on any atom is -0.383 e. The van der Waals surface area contributed by atoms with Crippen molar-refractivity contribution in [2.45, 2.75) is 6.54 Å². The predicted molar refractivity (Wildman–Crippen MR) is 57.4 cm³/mol. The van der Waals surface area contributed by atoms with E-state index in [1.165, 1.54) is 0 Å². The van der Waals surface area contributed by atoms with Crippen LogP contribution in [0.4, 0.5) is 0 Å². The Morgan fingerprint density at radius 2 is 2.07 bits per heavy atom. The van der Waals surface area contributed by atoms with Crippen LogP contribution >= 0.6 is 0 Å². The zero-order valence-electron chi connectivity index (χ0n) is 8.13. The van der Waals surface area contributed by atoms with Crippen molar-refractivity contribution in [2.75, 3.05) is 0 Å². The lowest BCUT2D eigenvalue weighted by molar-refractivity contribution is 0.385. The molecule has 0 aliphatic carbocycles. The van der Waals surface area contributed by atoms with Crippen molar-refractivity contribution >= 4 is 5.84 Å². The number of aromatic nitrogens is 1. The molecule has 2 rings (SSSR count). The molecule has 2 N–H and O–H groups in total. The molecule has 0 aliphatic rings. The maximum absolute atomic E-state index is 5.80. The van der Waals surface area contributed by atoms with Gasteiger partial charge < -0.3 is 10.3 Å². The van der Waals surface area contributed by atoms with E-state index in [0.717, 1.165) is 5.56 Å². The third-order valence-electron chi connectivity index (χ3n) is 1.97. The van der Waals surface area contributed by atoms with Gasteiger partial charge in [0.05, 0.1) is 6.20 Å². The average molecular weight is 201 g/mol. The van der Waals surface area contributed by atoms with Crippen LogP contribution < -0.4 is 5.73 Å². The molecule has 0 atom stereocenters. The van der Waals surface area contributed by atoms with Gasteiger partial charge in [0, 0.05) is 11.6 Å². The molecule has 0 radical (unpaired) electrons. The predicted octanol–water partition coefficient (Wildman–Crippen LogP) is 1.58. The monoisotopic (exact) mass is 201 g/mol. The molecule has 0 saturated heterocycles. The lowest BCUT2D eigenvalue weighted by atomic mass is 10.2. The Bertz CT molecular complexity index is 434. The highest BCUT2D eigenvalue weighted by molar-refractivity contribution is 5.97. The van der Waals surface area contributed by atoms with E-state index >= 15 is 0 Å². The quantitative estimate of drug-likeness (QED) is 0.605. The van der Waals surface area contributed by atoms with Crippen LogP contribution in [0.25, 0.3) is 0 Å². The molecule has 15 heavy (non-hydrogen) atoms. The molecule has 0 unspecified atom stereocenters. The number of benzene rings is 1. The summed E-state index contributed by atoms with van der Waals surface area (Å²) in [6.07, 6.45) is 1.59. The van der Waals surface area contributed by atoms with Crippen molar-refractivity contribution in [1.82, 2.24) is 5.16 Å². The first-order valence-corrected chi connectivity index (χ1v) is 4.61. The summed E-state index contributed by atoms with van der Waals surface area (Å²) in [5.41, 5.74) is 6.71. The number of aliphatic imine (C=N–C) groups is 1. The zero-order chi connectivity index (χ0) is 10.5. The summed E-state index contributed by atoms with van der Waals surface area (Å²) in [6, 6.07) is 11.4. The minimum absolute atomic E-state index is 0.417. The van der Waals surface area contributed by atoms with Gasteiger partial charge in [0.25, 0.3) is 0 Å². The highest BCUT2D eigenvalue weighted by Gasteiger charge is 1.98. The summed E-state index contributed by atoms with van der Waals surface area (Å²) in [4.78, 5) is 4.20. The highest BCUT2D eigenvalue weighted by Crippen LogP contribution is 2.02. The third kappa shape index (κ3) is 2.43. The van der Waals surface area contributed by atoms with Gasteiger partial charge in [0.15, 0.2) is 5.76 Å². The molecule has 0 fully saturated rings. The van der Waals surface area contributed by atoms with Gasteiger partial charge in [0.2, 0.25) is 0 Å². The molecule has 2 aromatic rings. The van der Waals surface area contributed by atoms with Crippen molar-refractivity contribution in [3.63, 3.8) is 0 Å². The summed E-state index contributed by atoms with van der Waals surface area (Å²) in [5.74, 6) is 1.21. The standard InChI is InChI=1S/C11H11N3O/c12-11(9-4-2-1-3-5-9)13-8-10-6-7-14-15-10/h1-7H,8H2,(H2,12,13). The first kappa shape index (κ1) is 9.45. The lowest BCUT2D eigenvalue weighted by Gasteiger charge is -1.98.